The van der Waals surface area contributed by atoms with E-state index in [2.05, 4.69) is 42.3 Å². The monoisotopic (exact) mass is 502 g/mol. The third-order valence-corrected chi connectivity index (χ3v) is 8.97. The number of hydrogen-bond acceptors (Lipinski definition) is 5. The molecule has 37 heavy (non-hydrogen) atoms. The zero-order chi connectivity index (χ0) is 26.1. The van der Waals surface area contributed by atoms with Gasteiger partial charge in [0.1, 0.15) is 5.75 Å². The first-order valence-electron chi connectivity index (χ1n) is 13.5. The van der Waals surface area contributed by atoms with Gasteiger partial charge in [-0.3, -0.25) is 9.78 Å². The van der Waals surface area contributed by atoms with Crippen molar-refractivity contribution in [2.75, 3.05) is 20.2 Å². The summed E-state index contributed by atoms with van der Waals surface area (Å²) in [5, 5.41) is 25.8. The van der Waals surface area contributed by atoms with E-state index in [1.165, 1.54) is 16.7 Å². The summed E-state index contributed by atoms with van der Waals surface area (Å²) in [5.74, 6) is 0.631. The summed E-state index contributed by atoms with van der Waals surface area (Å²) in [7, 11) is 1.63. The molecule has 0 radical (unpaired) electrons. The number of aromatic nitrogens is 1. The number of methoxy groups -OCH3 is 1. The molecule has 4 atom stereocenters. The minimum Gasteiger partial charge on any atom is -0.497 e. The molecule has 0 amide bonds. The van der Waals surface area contributed by atoms with Crippen molar-refractivity contribution in [2.24, 2.45) is 23.7 Å². The molecule has 2 heterocycles. The Balaban J connectivity index is 1.44. The van der Waals surface area contributed by atoms with E-state index in [4.69, 9.17) is 4.74 Å². The highest BCUT2D eigenvalue weighted by Gasteiger charge is 2.45. The van der Waals surface area contributed by atoms with Crippen molar-refractivity contribution >= 4 is 16.9 Å². The largest absolute Gasteiger partial charge is 0.497 e. The van der Waals surface area contributed by atoms with Crippen LogP contribution in [0, 0.1) is 37.5 Å². The number of ether oxygens (including phenoxy) is 1. The van der Waals surface area contributed by atoms with Gasteiger partial charge in [-0.05, 0) is 116 Å². The van der Waals surface area contributed by atoms with E-state index in [9.17, 15) is 15.0 Å². The fourth-order valence-corrected chi connectivity index (χ4v) is 7.05. The van der Waals surface area contributed by atoms with Crippen molar-refractivity contribution in [3.63, 3.8) is 0 Å². The van der Waals surface area contributed by atoms with E-state index < -0.39 is 18.0 Å². The van der Waals surface area contributed by atoms with Crippen LogP contribution in [0.15, 0.2) is 48.7 Å². The summed E-state index contributed by atoms with van der Waals surface area (Å²) in [5.41, 5.74) is 5.77. The van der Waals surface area contributed by atoms with Gasteiger partial charge in [-0.15, -0.1) is 0 Å². The summed E-state index contributed by atoms with van der Waals surface area (Å²) < 4.78 is 5.43. The maximum Gasteiger partial charge on any atom is 0.308 e. The third-order valence-electron chi connectivity index (χ3n) is 8.97. The zero-order valence-corrected chi connectivity index (χ0v) is 22.0. The molecule has 2 aromatic carbocycles. The van der Waals surface area contributed by atoms with Crippen molar-refractivity contribution in [3.8, 4) is 5.75 Å². The number of hydrogen-bond donors (Lipinski definition) is 3. The van der Waals surface area contributed by atoms with Gasteiger partial charge in [0, 0.05) is 18.1 Å². The molecule has 1 saturated carbocycles. The van der Waals surface area contributed by atoms with Crippen molar-refractivity contribution in [2.45, 2.75) is 51.6 Å². The van der Waals surface area contributed by atoms with E-state index in [1.54, 1.807) is 13.3 Å². The topological polar surface area (TPSA) is 91.7 Å². The minimum atomic E-state index is -0.735. The van der Waals surface area contributed by atoms with E-state index >= 15 is 0 Å². The first-order chi connectivity index (χ1) is 17.9. The maximum atomic E-state index is 12.2. The predicted molar refractivity (Wildman–Crippen MR) is 145 cm³/mol. The number of carboxylic acids is 1. The molecule has 0 bridgehead atoms. The number of carbonyl (C=O) groups is 1. The smallest absolute Gasteiger partial charge is 0.308 e. The second-order valence-corrected chi connectivity index (χ2v) is 11.0. The van der Waals surface area contributed by atoms with Gasteiger partial charge >= 0.3 is 5.97 Å². The summed E-state index contributed by atoms with van der Waals surface area (Å²) in [4.78, 5) is 16.7. The van der Waals surface area contributed by atoms with Gasteiger partial charge in [0.2, 0.25) is 0 Å². The highest BCUT2D eigenvalue weighted by atomic mass is 16.5. The number of piperidine rings is 1. The van der Waals surface area contributed by atoms with E-state index in [1.807, 2.05) is 24.3 Å². The highest BCUT2D eigenvalue weighted by molar-refractivity contribution is 5.83. The van der Waals surface area contributed by atoms with Crippen LogP contribution in [0.4, 0.5) is 0 Å². The van der Waals surface area contributed by atoms with Crippen LogP contribution >= 0.6 is 0 Å². The van der Waals surface area contributed by atoms with Gasteiger partial charge in [0.05, 0.1) is 24.6 Å². The number of nitrogens with one attached hydrogen (secondary N) is 1. The Kier molecular flexibility index (Phi) is 7.50. The van der Waals surface area contributed by atoms with Crippen LogP contribution in [0.2, 0.25) is 0 Å². The Labute approximate surface area is 219 Å². The van der Waals surface area contributed by atoms with Crippen LogP contribution in [-0.2, 0) is 4.79 Å². The number of aliphatic carboxylic acids is 1. The molecule has 2 unspecified atom stereocenters. The number of fused-ring (bicyclic) bond motifs is 1. The molecule has 1 saturated heterocycles. The van der Waals surface area contributed by atoms with Gasteiger partial charge in [-0.1, -0.05) is 18.2 Å². The van der Waals surface area contributed by atoms with Gasteiger partial charge in [0.25, 0.3) is 0 Å². The number of pyridine rings is 1. The van der Waals surface area contributed by atoms with Crippen LogP contribution < -0.4 is 10.1 Å². The molecule has 5 rings (SSSR count). The van der Waals surface area contributed by atoms with E-state index in [0.717, 1.165) is 48.0 Å². The van der Waals surface area contributed by atoms with Crippen LogP contribution in [0.5, 0.6) is 5.75 Å². The third kappa shape index (κ3) is 5.10. The van der Waals surface area contributed by atoms with E-state index in [-0.39, 0.29) is 11.8 Å². The van der Waals surface area contributed by atoms with Crippen LogP contribution in [0.3, 0.4) is 0 Å². The summed E-state index contributed by atoms with van der Waals surface area (Å²) in [6.07, 6.45) is 4.51. The summed E-state index contributed by atoms with van der Waals surface area (Å²) >= 11 is 0. The average Bonchev–Trinajstić information content (AvgIpc) is 2.87. The Morgan fingerprint density at radius 2 is 1.92 bits per heavy atom. The Hall–Kier alpha value is -2.96. The number of nitrogens with zero attached hydrogens (tertiary/aromatic N) is 1. The lowest BCUT2D eigenvalue weighted by Crippen LogP contribution is -2.47. The van der Waals surface area contributed by atoms with Crippen molar-refractivity contribution in [1.82, 2.24) is 10.3 Å². The predicted octanol–water partition coefficient (Wildman–Crippen LogP) is 5.40. The van der Waals surface area contributed by atoms with Crippen molar-refractivity contribution < 1.29 is 19.7 Å². The number of aliphatic hydroxyl groups excluding tert-OH is 1. The Bertz CT molecular complexity index is 1250. The van der Waals surface area contributed by atoms with Gasteiger partial charge in [-0.25, -0.2) is 0 Å². The molecule has 6 heteroatoms. The average molecular weight is 503 g/mol. The molecular weight excluding hydrogens is 464 g/mol. The number of carboxylic acid groups (broad SMARTS) is 1. The fraction of sp³-hybridized carbons (Fsp3) is 0.484. The molecule has 3 N–H and O–H groups in total. The van der Waals surface area contributed by atoms with Gasteiger partial charge in [0.15, 0.2) is 0 Å². The zero-order valence-electron chi connectivity index (χ0n) is 22.0. The molecule has 6 nitrogen and oxygen atoms in total. The van der Waals surface area contributed by atoms with Crippen LogP contribution in [0.1, 0.15) is 60.0 Å². The molecule has 1 aliphatic heterocycles. The minimum absolute atomic E-state index is 0.0416. The first-order valence-corrected chi connectivity index (χ1v) is 13.5. The number of aryl methyl sites for hydroxylation is 2. The molecule has 0 spiro atoms. The lowest BCUT2D eigenvalue weighted by atomic mass is 9.58. The second kappa shape index (κ2) is 10.8. The fourth-order valence-electron chi connectivity index (χ4n) is 7.05. The van der Waals surface area contributed by atoms with Crippen molar-refractivity contribution in [3.05, 3.63) is 70.9 Å². The lowest BCUT2D eigenvalue weighted by molar-refractivity contribution is -0.146. The number of benzene rings is 2. The summed E-state index contributed by atoms with van der Waals surface area (Å²) in [6, 6.07) is 14.1. The molecule has 2 aliphatic rings. The second-order valence-electron chi connectivity index (χ2n) is 11.0. The van der Waals surface area contributed by atoms with Gasteiger partial charge < -0.3 is 20.3 Å². The molecule has 196 valence electrons. The maximum absolute atomic E-state index is 12.2. The standard InChI is InChI=1S/C31H38N2O4/c1-18-5-4-6-19(2)30(18)21-13-20(14-21)25(23-9-11-32-17-27(23)31(35)36)16-29(34)24-10-12-33-28-8-7-22(37-3)15-26(24)28/h4-8,10,12,15,20-21,23,25,27,29,32,34H,9,11,13-14,16-17H2,1-3H3,(H,35,36)/t20?,21?,23?,25-,27?,29-/m1/s1. The Morgan fingerprint density at radius 1 is 1.16 bits per heavy atom. The van der Waals surface area contributed by atoms with Gasteiger partial charge in [-0.2, -0.15) is 0 Å². The first kappa shape index (κ1) is 25.7. The molecule has 2 fully saturated rings. The molecular formula is C31H38N2O4. The SMILES string of the molecule is COc1ccc2nccc([C@H](O)C[C@H](C3CC(c4c(C)cccc4C)C3)C3CCNCC3C(=O)O)c2c1. The molecule has 3 aromatic rings. The highest BCUT2D eigenvalue weighted by Crippen LogP contribution is 2.52. The van der Waals surface area contributed by atoms with Crippen LogP contribution in [-0.4, -0.2) is 41.4 Å². The molecule has 1 aromatic heterocycles. The Morgan fingerprint density at radius 3 is 2.62 bits per heavy atom. The van der Waals surface area contributed by atoms with Crippen LogP contribution in [0.25, 0.3) is 10.9 Å². The number of aliphatic hydroxyl groups is 1. The lowest BCUT2D eigenvalue weighted by Gasteiger charge is -2.47. The van der Waals surface area contributed by atoms with E-state index in [0.29, 0.717) is 24.8 Å². The number of rotatable bonds is 8. The normalized spacial score (nSPS) is 25.3. The van der Waals surface area contributed by atoms with Crippen molar-refractivity contribution in [1.29, 1.82) is 0 Å². The quantitative estimate of drug-likeness (QED) is 0.382. The molecule has 1 aliphatic carbocycles. The summed E-state index contributed by atoms with van der Waals surface area (Å²) in [6.45, 7) is 5.69.